The minimum absolute atomic E-state index is 0.205. The lowest BCUT2D eigenvalue weighted by atomic mass is 9.78. The number of carbonyl (C=O) groups is 2. The first kappa shape index (κ1) is 16.5. The molecule has 0 aliphatic heterocycles. The molecular formula is C17H23NO4. The summed E-state index contributed by atoms with van der Waals surface area (Å²) in [4.78, 5) is 22.3. The number of ketones is 1. The van der Waals surface area contributed by atoms with Crippen molar-refractivity contribution in [3.8, 4) is 0 Å². The largest absolute Gasteiger partial charge is 0.443 e. The maximum atomic E-state index is 11.4. The summed E-state index contributed by atoms with van der Waals surface area (Å²) in [7, 11) is 0. The van der Waals surface area contributed by atoms with Crippen LogP contribution >= 0.6 is 0 Å². The lowest BCUT2D eigenvalue weighted by molar-refractivity contribution is -0.125. The number of aliphatic hydroxyl groups is 1. The van der Waals surface area contributed by atoms with Crippen LogP contribution in [0.15, 0.2) is 24.3 Å². The molecular weight excluding hydrogens is 282 g/mol. The lowest BCUT2D eigenvalue weighted by Gasteiger charge is -2.32. The van der Waals surface area contributed by atoms with Crippen LogP contribution in [0.4, 0.5) is 4.79 Å². The van der Waals surface area contributed by atoms with Gasteiger partial charge in [0.25, 0.3) is 0 Å². The van der Waals surface area contributed by atoms with Crippen molar-refractivity contribution in [3.05, 3.63) is 35.4 Å². The standard InChI is InChI=1S/C17H23NO4/c1-16(2,22-15(18)20)11-12-4-3-5-13(10-12)17(21)8-6-14(19)7-9-17/h3-5,10,21H,6-9,11H2,1-2H3,(H2,18,20). The van der Waals surface area contributed by atoms with Gasteiger partial charge < -0.3 is 15.6 Å². The molecule has 0 radical (unpaired) electrons. The topological polar surface area (TPSA) is 89.6 Å². The van der Waals surface area contributed by atoms with E-state index in [0.29, 0.717) is 32.1 Å². The number of ether oxygens (including phenoxy) is 1. The van der Waals surface area contributed by atoms with Crippen LogP contribution in [-0.4, -0.2) is 22.6 Å². The van der Waals surface area contributed by atoms with Crippen LogP contribution in [0.25, 0.3) is 0 Å². The van der Waals surface area contributed by atoms with Gasteiger partial charge in [0.1, 0.15) is 11.4 Å². The van der Waals surface area contributed by atoms with Gasteiger partial charge in [-0.2, -0.15) is 0 Å². The fourth-order valence-electron chi connectivity index (χ4n) is 3.00. The normalized spacial score (nSPS) is 18.0. The SMILES string of the molecule is CC(C)(Cc1cccc(C2(O)CCC(=O)CC2)c1)OC(N)=O. The highest BCUT2D eigenvalue weighted by atomic mass is 16.6. The zero-order valence-corrected chi connectivity index (χ0v) is 13.1. The molecule has 1 fully saturated rings. The molecule has 3 N–H and O–H groups in total. The smallest absolute Gasteiger partial charge is 0.405 e. The molecule has 0 saturated heterocycles. The summed E-state index contributed by atoms with van der Waals surface area (Å²) < 4.78 is 5.10. The maximum absolute atomic E-state index is 11.4. The third-order valence-electron chi connectivity index (χ3n) is 4.11. The Hall–Kier alpha value is -1.88. The lowest BCUT2D eigenvalue weighted by Crippen LogP contribution is -2.34. The second kappa shape index (κ2) is 6.08. The van der Waals surface area contributed by atoms with Crippen molar-refractivity contribution >= 4 is 11.9 Å². The summed E-state index contributed by atoms with van der Waals surface area (Å²) in [5.74, 6) is 0.205. The first-order valence-electron chi connectivity index (χ1n) is 7.52. The van der Waals surface area contributed by atoms with Crippen LogP contribution in [-0.2, 0) is 21.6 Å². The molecule has 1 aromatic rings. The summed E-state index contributed by atoms with van der Waals surface area (Å²) >= 11 is 0. The fourth-order valence-corrected chi connectivity index (χ4v) is 3.00. The number of hydrogen-bond acceptors (Lipinski definition) is 4. The number of benzene rings is 1. The van der Waals surface area contributed by atoms with Crippen molar-refractivity contribution in [2.75, 3.05) is 0 Å². The minimum atomic E-state index is -0.946. The van der Waals surface area contributed by atoms with Crippen molar-refractivity contribution in [3.63, 3.8) is 0 Å². The molecule has 1 aliphatic carbocycles. The summed E-state index contributed by atoms with van der Waals surface area (Å²) in [6.07, 6.45) is 1.44. The van der Waals surface area contributed by atoms with Gasteiger partial charge in [0, 0.05) is 19.3 Å². The predicted octanol–water partition coefficient (Wildman–Crippen LogP) is 2.43. The highest BCUT2D eigenvalue weighted by molar-refractivity contribution is 5.79. The van der Waals surface area contributed by atoms with E-state index in [4.69, 9.17) is 10.5 Å². The van der Waals surface area contributed by atoms with E-state index in [1.807, 2.05) is 24.3 Å². The average Bonchev–Trinajstić information content (AvgIpc) is 2.40. The van der Waals surface area contributed by atoms with Gasteiger partial charge in [0.05, 0.1) is 5.60 Å². The third kappa shape index (κ3) is 4.07. The molecule has 0 atom stereocenters. The summed E-state index contributed by atoms with van der Waals surface area (Å²) in [5.41, 5.74) is 5.19. The third-order valence-corrected chi connectivity index (χ3v) is 4.11. The quantitative estimate of drug-likeness (QED) is 0.894. The van der Waals surface area contributed by atoms with Crippen LogP contribution in [0.3, 0.4) is 0 Å². The van der Waals surface area contributed by atoms with Gasteiger partial charge in [0.15, 0.2) is 0 Å². The number of nitrogens with two attached hydrogens (primary N) is 1. The van der Waals surface area contributed by atoms with Gasteiger partial charge in [-0.15, -0.1) is 0 Å². The van der Waals surface area contributed by atoms with Crippen LogP contribution in [0.1, 0.15) is 50.7 Å². The zero-order chi connectivity index (χ0) is 16.4. The van der Waals surface area contributed by atoms with E-state index in [-0.39, 0.29) is 5.78 Å². The maximum Gasteiger partial charge on any atom is 0.405 e. The molecule has 0 aromatic heterocycles. The van der Waals surface area contributed by atoms with E-state index < -0.39 is 17.3 Å². The fraction of sp³-hybridized carbons (Fsp3) is 0.529. The van der Waals surface area contributed by atoms with Crippen LogP contribution in [0, 0.1) is 0 Å². The van der Waals surface area contributed by atoms with Gasteiger partial charge in [-0.25, -0.2) is 4.79 Å². The Morgan fingerprint density at radius 1 is 1.36 bits per heavy atom. The van der Waals surface area contributed by atoms with Crippen molar-refractivity contribution < 1.29 is 19.4 Å². The summed E-state index contributed by atoms with van der Waals surface area (Å²) in [5, 5.41) is 10.8. The molecule has 1 saturated carbocycles. The second-order valence-electron chi connectivity index (χ2n) is 6.63. The number of amides is 1. The molecule has 5 heteroatoms. The molecule has 5 nitrogen and oxygen atoms in total. The van der Waals surface area contributed by atoms with Gasteiger partial charge in [0.2, 0.25) is 0 Å². The first-order valence-corrected chi connectivity index (χ1v) is 7.52. The summed E-state index contributed by atoms with van der Waals surface area (Å²) in [6.45, 7) is 3.58. The number of primary amides is 1. The van der Waals surface area contributed by atoms with E-state index in [1.54, 1.807) is 13.8 Å². The van der Waals surface area contributed by atoms with Crippen molar-refractivity contribution in [1.82, 2.24) is 0 Å². The molecule has 1 aromatic carbocycles. The molecule has 0 spiro atoms. The van der Waals surface area contributed by atoms with Gasteiger partial charge >= 0.3 is 6.09 Å². The van der Waals surface area contributed by atoms with E-state index in [0.717, 1.165) is 11.1 Å². The van der Waals surface area contributed by atoms with Crippen LogP contribution in [0.2, 0.25) is 0 Å². The van der Waals surface area contributed by atoms with E-state index in [2.05, 4.69) is 0 Å². The van der Waals surface area contributed by atoms with Gasteiger partial charge in [-0.05, 0) is 37.8 Å². The van der Waals surface area contributed by atoms with Crippen molar-refractivity contribution in [1.29, 1.82) is 0 Å². The van der Waals surface area contributed by atoms with E-state index in [9.17, 15) is 14.7 Å². The zero-order valence-electron chi connectivity index (χ0n) is 13.1. The second-order valence-corrected chi connectivity index (χ2v) is 6.63. The Morgan fingerprint density at radius 2 is 2.00 bits per heavy atom. The monoisotopic (exact) mass is 305 g/mol. The molecule has 120 valence electrons. The van der Waals surface area contributed by atoms with Crippen molar-refractivity contribution in [2.45, 2.75) is 57.2 Å². The van der Waals surface area contributed by atoms with Crippen molar-refractivity contribution in [2.24, 2.45) is 5.73 Å². The van der Waals surface area contributed by atoms with Gasteiger partial charge in [-0.3, -0.25) is 4.79 Å². The Labute approximate surface area is 130 Å². The van der Waals surface area contributed by atoms with E-state index >= 15 is 0 Å². The molecule has 22 heavy (non-hydrogen) atoms. The Kier molecular flexibility index (Phi) is 4.56. The molecule has 0 heterocycles. The molecule has 1 aliphatic rings. The predicted molar refractivity (Wildman–Crippen MR) is 82.3 cm³/mol. The highest BCUT2D eigenvalue weighted by Crippen LogP contribution is 2.36. The van der Waals surface area contributed by atoms with Crippen LogP contribution < -0.4 is 5.73 Å². The number of carbonyl (C=O) groups excluding carboxylic acids is 2. The molecule has 1 amide bonds. The van der Waals surface area contributed by atoms with Gasteiger partial charge in [-0.1, -0.05) is 24.3 Å². The Balaban J connectivity index is 2.16. The minimum Gasteiger partial charge on any atom is -0.443 e. The number of Topliss-reactive ketones (excluding diaryl/α,β-unsaturated/α-hetero) is 1. The Morgan fingerprint density at radius 3 is 2.59 bits per heavy atom. The van der Waals surface area contributed by atoms with E-state index in [1.165, 1.54) is 0 Å². The van der Waals surface area contributed by atoms with Crippen LogP contribution in [0.5, 0.6) is 0 Å². The Bertz CT molecular complexity index is 570. The summed E-state index contributed by atoms with van der Waals surface area (Å²) in [6, 6.07) is 7.59. The number of hydrogen-bond donors (Lipinski definition) is 2. The molecule has 2 rings (SSSR count). The molecule has 0 bridgehead atoms. The average molecular weight is 305 g/mol. The number of rotatable bonds is 4. The molecule has 0 unspecified atom stereocenters. The first-order chi connectivity index (χ1) is 10.2. The highest BCUT2D eigenvalue weighted by Gasteiger charge is 2.34.